The lowest BCUT2D eigenvalue weighted by molar-refractivity contribution is -0.137. The smallest absolute Gasteiger partial charge is 0.361 e. The summed E-state index contributed by atoms with van der Waals surface area (Å²) >= 11 is 0. The van der Waals surface area contributed by atoms with Crippen LogP contribution >= 0.6 is 0 Å². The average molecular weight is 578 g/mol. The predicted molar refractivity (Wildman–Crippen MR) is 156 cm³/mol. The number of urea groups is 1. The molecule has 2 atom stereocenters. The lowest BCUT2D eigenvalue weighted by Gasteiger charge is -2.35. The van der Waals surface area contributed by atoms with Crippen molar-refractivity contribution in [3.05, 3.63) is 95.9 Å². The summed E-state index contributed by atoms with van der Waals surface area (Å²) in [6, 6.07) is 16.4. The molecular formula is C32H34F3N5O2. The zero-order valence-electron chi connectivity index (χ0n) is 23.3. The molecule has 10 heteroatoms. The van der Waals surface area contributed by atoms with Crippen molar-refractivity contribution in [2.45, 2.75) is 63.2 Å². The molecule has 0 radical (unpaired) electrons. The Kier molecular flexibility index (Phi) is 8.51. The van der Waals surface area contributed by atoms with E-state index in [9.17, 15) is 22.8 Å². The van der Waals surface area contributed by atoms with Crippen molar-refractivity contribution in [1.29, 1.82) is 0 Å². The summed E-state index contributed by atoms with van der Waals surface area (Å²) in [6.07, 6.45) is 4.44. The van der Waals surface area contributed by atoms with E-state index in [4.69, 9.17) is 0 Å². The zero-order chi connectivity index (χ0) is 29.7. The maximum atomic E-state index is 14.2. The number of fused-ring (bicyclic) bond motifs is 1. The second-order valence-electron chi connectivity index (χ2n) is 11.1. The monoisotopic (exact) mass is 577 g/mol. The normalized spacial score (nSPS) is 16.4. The van der Waals surface area contributed by atoms with Crippen molar-refractivity contribution in [2.24, 2.45) is 5.92 Å². The number of pyridine rings is 1. The van der Waals surface area contributed by atoms with Gasteiger partial charge in [0, 0.05) is 35.4 Å². The number of nitrogens with one attached hydrogen (secondary N) is 4. The number of aromatic amines is 1. The number of halogens is 3. The molecule has 0 saturated heterocycles. The minimum absolute atomic E-state index is 0.170. The van der Waals surface area contributed by atoms with Gasteiger partial charge in [-0.25, -0.2) is 4.79 Å². The van der Waals surface area contributed by atoms with Crippen molar-refractivity contribution in [3.63, 3.8) is 0 Å². The molecule has 2 unspecified atom stereocenters. The van der Waals surface area contributed by atoms with Gasteiger partial charge in [-0.3, -0.25) is 9.78 Å². The molecule has 42 heavy (non-hydrogen) atoms. The number of rotatable bonds is 8. The first-order chi connectivity index (χ1) is 20.1. The van der Waals surface area contributed by atoms with E-state index in [0.717, 1.165) is 66.4 Å². The number of carbonyl (C=O) groups excluding carboxylic acids is 2. The van der Waals surface area contributed by atoms with Crippen LogP contribution in [0.2, 0.25) is 0 Å². The lowest BCUT2D eigenvalue weighted by atomic mass is 9.81. The summed E-state index contributed by atoms with van der Waals surface area (Å²) in [5, 5.41) is 9.55. The molecule has 7 nitrogen and oxygen atoms in total. The molecule has 2 aromatic heterocycles. The summed E-state index contributed by atoms with van der Waals surface area (Å²) in [7, 11) is 0. The molecule has 1 saturated carbocycles. The molecule has 1 aliphatic rings. The highest BCUT2D eigenvalue weighted by Crippen LogP contribution is 2.35. The Hall–Kier alpha value is -4.34. The van der Waals surface area contributed by atoms with E-state index in [1.807, 2.05) is 48.7 Å². The Bertz CT molecular complexity index is 1510. The van der Waals surface area contributed by atoms with Gasteiger partial charge in [-0.15, -0.1) is 0 Å². The van der Waals surface area contributed by atoms with Crippen LogP contribution in [0.25, 0.3) is 10.9 Å². The Morgan fingerprint density at radius 2 is 1.69 bits per heavy atom. The standard InChI is InChI=1S/C32H34F3N5O2/c1-31(19-22-20-37-26-12-6-5-11-25(22)26,40-30(42)38-24-16-14-23(15-17-24)32(33,34)35)29(41)39-28(21-9-3-2-4-10-21)27-13-7-8-18-36-27/h5-8,11-18,20-21,28,37H,2-4,9-10,19H2,1H3,(H,39,41)(H2,38,40,42). The van der Waals surface area contributed by atoms with Crippen LogP contribution in [0.4, 0.5) is 23.7 Å². The van der Waals surface area contributed by atoms with Crippen molar-refractivity contribution in [1.82, 2.24) is 20.6 Å². The number of hydrogen-bond acceptors (Lipinski definition) is 3. The molecular weight excluding hydrogens is 543 g/mol. The summed E-state index contributed by atoms with van der Waals surface area (Å²) in [4.78, 5) is 35.2. The molecule has 220 valence electrons. The fourth-order valence-electron chi connectivity index (χ4n) is 5.76. The molecule has 1 aliphatic carbocycles. The van der Waals surface area contributed by atoms with Gasteiger partial charge in [-0.2, -0.15) is 13.2 Å². The molecule has 0 spiro atoms. The highest BCUT2D eigenvalue weighted by atomic mass is 19.4. The van der Waals surface area contributed by atoms with Gasteiger partial charge in [0.1, 0.15) is 5.54 Å². The van der Waals surface area contributed by atoms with Gasteiger partial charge in [0.15, 0.2) is 0 Å². The van der Waals surface area contributed by atoms with E-state index in [-0.39, 0.29) is 30.0 Å². The first kappa shape index (κ1) is 29.2. The largest absolute Gasteiger partial charge is 0.416 e. The fourth-order valence-corrected chi connectivity index (χ4v) is 5.76. The van der Waals surface area contributed by atoms with E-state index in [0.29, 0.717) is 0 Å². The third kappa shape index (κ3) is 6.75. The number of alkyl halides is 3. The minimum Gasteiger partial charge on any atom is -0.361 e. The number of anilines is 1. The minimum atomic E-state index is -4.49. The Labute approximate surface area is 242 Å². The molecule has 5 rings (SSSR count). The fraction of sp³-hybridized carbons (Fsp3) is 0.344. The predicted octanol–water partition coefficient (Wildman–Crippen LogP) is 7.14. The van der Waals surface area contributed by atoms with Crippen molar-refractivity contribution >= 4 is 28.5 Å². The van der Waals surface area contributed by atoms with Crippen LogP contribution in [0.15, 0.2) is 79.1 Å². The second kappa shape index (κ2) is 12.3. The topological polar surface area (TPSA) is 98.9 Å². The number of nitrogens with zero attached hydrogens (tertiary/aromatic N) is 1. The quantitative estimate of drug-likeness (QED) is 0.179. The van der Waals surface area contributed by atoms with E-state index in [1.54, 1.807) is 13.1 Å². The molecule has 0 bridgehead atoms. The number of aromatic nitrogens is 2. The van der Waals surface area contributed by atoms with Gasteiger partial charge in [0.25, 0.3) is 0 Å². The second-order valence-corrected chi connectivity index (χ2v) is 11.1. The maximum absolute atomic E-state index is 14.2. The van der Waals surface area contributed by atoms with Crippen LogP contribution in [0.3, 0.4) is 0 Å². The first-order valence-electron chi connectivity index (χ1n) is 14.2. The molecule has 0 aliphatic heterocycles. The Balaban J connectivity index is 1.42. The van der Waals surface area contributed by atoms with Gasteiger partial charge in [-0.05, 0) is 73.7 Å². The van der Waals surface area contributed by atoms with Gasteiger partial charge < -0.3 is 20.9 Å². The highest BCUT2D eigenvalue weighted by molar-refractivity contribution is 5.96. The molecule has 3 amide bonds. The Morgan fingerprint density at radius 3 is 2.38 bits per heavy atom. The van der Waals surface area contributed by atoms with E-state index < -0.39 is 23.3 Å². The molecule has 4 N–H and O–H groups in total. The van der Waals surface area contributed by atoms with Gasteiger partial charge in [0.2, 0.25) is 5.91 Å². The third-order valence-corrected chi connectivity index (χ3v) is 7.99. The van der Waals surface area contributed by atoms with E-state index in [1.165, 1.54) is 12.1 Å². The van der Waals surface area contributed by atoms with E-state index in [2.05, 4.69) is 25.9 Å². The van der Waals surface area contributed by atoms with E-state index >= 15 is 0 Å². The molecule has 4 aromatic rings. The van der Waals surface area contributed by atoms with Crippen LogP contribution in [0.5, 0.6) is 0 Å². The lowest BCUT2D eigenvalue weighted by Crippen LogP contribution is -2.60. The average Bonchev–Trinajstić information content (AvgIpc) is 3.38. The zero-order valence-corrected chi connectivity index (χ0v) is 23.3. The van der Waals surface area contributed by atoms with Crippen LogP contribution in [-0.2, 0) is 17.4 Å². The highest BCUT2D eigenvalue weighted by Gasteiger charge is 2.39. The number of carbonyl (C=O) groups is 2. The first-order valence-corrected chi connectivity index (χ1v) is 14.2. The van der Waals surface area contributed by atoms with Crippen LogP contribution in [-0.4, -0.2) is 27.4 Å². The molecule has 1 fully saturated rings. The maximum Gasteiger partial charge on any atom is 0.416 e. The summed E-state index contributed by atoms with van der Waals surface area (Å²) in [6.45, 7) is 1.66. The number of amides is 3. The van der Waals surface area contributed by atoms with Crippen LogP contribution < -0.4 is 16.0 Å². The van der Waals surface area contributed by atoms with Crippen LogP contribution in [0, 0.1) is 5.92 Å². The number of hydrogen-bond donors (Lipinski definition) is 4. The summed E-state index contributed by atoms with van der Waals surface area (Å²) in [5.41, 5.74) is 0.441. The number of benzene rings is 2. The van der Waals surface area contributed by atoms with Gasteiger partial charge >= 0.3 is 12.2 Å². The number of para-hydroxylation sites is 1. The molecule has 2 aromatic carbocycles. The third-order valence-electron chi connectivity index (χ3n) is 7.99. The Morgan fingerprint density at radius 1 is 0.976 bits per heavy atom. The summed E-state index contributed by atoms with van der Waals surface area (Å²) in [5.74, 6) is -0.174. The van der Waals surface area contributed by atoms with Crippen LogP contribution in [0.1, 0.15) is 61.9 Å². The molecule has 2 heterocycles. The summed E-state index contributed by atoms with van der Waals surface area (Å²) < 4.78 is 39.0. The van der Waals surface area contributed by atoms with Crippen molar-refractivity contribution < 1.29 is 22.8 Å². The van der Waals surface area contributed by atoms with Gasteiger partial charge in [0.05, 0.1) is 17.3 Å². The van der Waals surface area contributed by atoms with Crippen molar-refractivity contribution in [2.75, 3.05) is 5.32 Å². The van der Waals surface area contributed by atoms with Crippen molar-refractivity contribution in [3.8, 4) is 0 Å². The SMILES string of the molecule is CC(Cc1c[nH]c2ccccc12)(NC(=O)Nc1ccc(C(F)(F)F)cc1)C(=O)NC(c1ccccn1)C1CCCCC1. The number of H-pyrrole nitrogens is 1. The van der Waals surface area contributed by atoms with Gasteiger partial charge in [-0.1, -0.05) is 43.5 Å².